The minimum atomic E-state index is 0.565. The van der Waals surface area contributed by atoms with Crippen molar-refractivity contribution in [3.63, 3.8) is 0 Å². The summed E-state index contributed by atoms with van der Waals surface area (Å²) in [6.45, 7) is 5.17. The summed E-state index contributed by atoms with van der Waals surface area (Å²) in [5, 5.41) is 0.565. The third-order valence-electron chi connectivity index (χ3n) is 3.56. The third-order valence-corrected chi connectivity index (χ3v) is 3.86. The van der Waals surface area contributed by atoms with Gasteiger partial charge in [0.05, 0.1) is 12.1 Å². The van der Waals surface area contributed by atoms with Crippen LogP contribution in [0.4, 0.5) is 5.82 Å². The van der Waals surface area contributed by atoms with Crippen LogP contribution in [0.3, 0.4) is 0 Å². The maximum Gasteiger partial charge on any atom is 0.137 e. The number of nitrogens with zero attached hydrogens (tertiary/aromatic N) is 2. The number of aryl methyl sites for hydroxylation is 1. The Morgan fingerprint density at radius 1 is 1.33 bits per heavy atom. The van der Waals surface area contributed by atoms with Crippen LogP contribution >= 0.6 is 11.6 Å². The summed E-state index contributed by atoms with van der Waals surface area (Å²) in [6, 6.07) is 5.63. The van der Waals surface area contributed by atoms with Crippen LogP contribution in [0.5, 0.6) is 5.75 Å². The molecule has 2 N–H and O–H groups in total. The number of nitrogen functional groups attached to an aromatic ring is 1. The van der Waals surface area contributed by atoms with Crippen molar-refractivity contribution in [2.45, 2.75) is 39.7 Å². The molecule has 0 atom stereocenters. The minimum Gasteiger partial charge on any atom is -0.495 e. The van der Waals surface area contributed by atoms with Gasteiger partial charge in [0.2, 0.25) is 0 Å². The molecule has 0 saturated heterocycles. The summed E-state index contributed by atoms with van der Waals surface area (Å²) in [5.74, 6) is 2.38. The van der Waals surface area contributed by atoms with E-state index in [0.29, 0.717) is 16.6 Å². The maximum atomic E-state index is 6.30. The first-order valence-electron chi connectivity index (χ1n) is 7.31. The Balaban J connectivity index is 2.44. The Morgan fingerprint density at radius 3 is 2.67 bits per heavy atom. The smallest absolute Gasteiger partial charge is 0.137 e. The largest absolute Gasteiger partial charge is 0.495 e. The van der Waals surface area contributed by atoms with Crippen LogP contribution in [-0.4, -0.2) is 16.7 Å². The molecule has 0 saturated carbocycles. The molecular formula is C16H22ClN3O. The van der Waals surface area contributed by atoms with E-state index in [2.05, 4.69) is 23.4 Å². The number of hydrogen-bond acceptors (Lipinski definition) is 3. The second-order valence-corrected chi connectivity index (χ2v) is 5.38. The number of unbranched alkanes of at least 4 members (excludes halogenated alkanes) is 1. The number of anilines is 1. The van der Waals surface area contributed by atoms with Gasteiger partial charge in [0.1, 0.15) is 23.1 Å². The summed E-state index contributed by atoms with van der Waals surface area (Å²) in [4.78, 5) is 4.69. The van der Waals surface area contributed by atoms with Crippen LogP contribution in [0.15, 0.2) is 18.2 Å². The highest BCUT2D eigenvalue weighted by Crippen LogP contribution is 2.33. The summed E-state index contributed by atoms with van der Waals surface area (Å²) in [6.07, 6.45) is 3.08. The molecule has 0 unspecified atom stereocenters. The van der Waals surface area contributed by atoms with E-state index in [-0.39, 0.29) is 0 Å². The van der Waals surface area contributed by atoms with Gasteiger partial charge < -0.3 is 15.0 Å². The van der Waals surface area contributed by atoms with Gasteiger partial charge in [-0.05, 0) is 24.6 Å². The van der Waals surface area contributed by atoms with Gasteiger partial charge in [0, 0.05) is 18.5 Å². The van der Waals surface area contributed by atoms with Gasteiger partial charge in [-0.1, -0.05) is 31.9 Å². The second-order valence-electron chi connectivity index (χ2n) is 4.97. The fourth-order valence-electron chi connectivity index (χ4n) is 2.38. The van der Waals surface area contributed by atoms with E-state index < -0.39 is 0 Å². The first-order chi connectivity index (χ1) is 10.1. The molecule has 0 aliphatic heterocycles. The second kappa shape index (κ2) is 6.85. The van der Waals surface area contributed by atoms with Crippen LogP contribution in [0.2, 0.25) is 5.02 Å². The molecule has 0 bridgehead atoms. The molecule has 0 aliphatic rings. The standard InChI is InChI=1S/C16H22ClN3O/c1-4-6-9-20-14(5-2)19-15(16(20)18)11-7-8-13(21-3)12(17)10-11/h7-8,10H,4-6,9,18H2,1-3H3. The van der Waals surface area contributed by atoms with Gasteiger partial charge >= 0.3 is 0 Å². The molecular weight excluding hydrogens is 286 g/mol. The number of rotatable bonds is 6. The lowest BCUT2D eigenvalue weighted by Crippen LogP contribution is -2.06. The van der Waals surface area contributed by atoms with Crippen molar-refractivity contribution in [2.75, 3.05) is 12.8 Å². The molecule has 0 radical (unpaired) electrons. The SMILES string of the molecule is CCCCn1c(CC)nc(-c2ccc(OC)c(Cl)c2)c1N. The molecule has 1 heterocycles. The molecule has 21 heavy (non-hydrogen) atoms. The zero-order valence-electron chi connectivity index (χ0n) is 12.8. The first kappa shape index (κ1) is 15.7. The molecule has 2 rings (SSSR count). The topological polar surface area (TPSA) is 53.1 Å². The van der Waals surface area contributed by atoms with Crippen molar-refractivity contribution in [2.24, 2.45) is 0 Å². The Bertz CT molecular complexity index is 622. The summed E-state index contributed by atoms with van der Waals surface area (Å²) in [5.41, 5.74) is 8.02. The Morgan fingerprint density at radius 2 is 2.10 bits per heavy atom. The Labute approximate surface area is 130 Å². The predicted octanol–water partition coefficient (Wildman–Crippen LogP) is 4.16. The van der Waals surface area contributed by atoms with Crippen molar-refractivity contribution < 1.29 is 4.74 Å². The number of hydrogen-bond donors (Lipinski definition) is 1. The number of halogens is 1. The monoisotopic (exact) mass is 307 g/mol. The van der Waals surface area contributed by atoms with Crippen LogP contribution in [0.1, 0.15) is 32.5 Å². The van der Waals surface area contributed by atoms with E-state index in [0.717, 1.165) is 42.9 Å². The summed E-state index contributed by atoms with van der Waals surface area (Å²) < 4.78 is 7.29. The quantitative estimate of drug-likeness (QED) is 0.872. The molecule has 0 fully saturated rings. The molecule has 4 nitrogen and oxygen atoms in total. The lowest BCUT2D eigenvalue weighted by Gasteiger charge is -2.08. The fourth-order valence-corrected chi connectivity index (χ4v) is 2.63. The summed E-state index contributed by atoms with van der Waals surface area (Å²) in [7, 11) is 1.60. The Kier molecular flexibility index (Phi) is 5.12. The van der Waals surface area contributed by atoms with E-state index in [1.807, 2.05) is 18.2 Å². The molecule has 0 aliphatic carbocycles. The van der Waals surface area contributed by atoms with Crippen molar-refractivity contribution in [3.8, 4) is 17.0 Å². The van der Waals surface area contributed by atoms with Gasteiger partial charge in [-0.3, -0.25) is 0 Å². The molecule has 5 heteroatoms. The molecule has 0 spiro atoms. The normalized spacial score (nSPS) is 10.9. The highest BCUT2D eigenvalue weighted by Gasteiger charge is 2.16. The number of nitrogens with two attached hydrogens (primary N) is 1. The van der Waals surface area contributed by atoms with E-state index in [1.54, 1.807) is 7.11 Å². The van der Waals surface area contributed by atoms with Gasteiger partial charge in [0.15, 0.2) is 0 Å². The van der Waals surface area contributed by atoms with Gasteiger partial charge in [-0.15, -0.1) is 0 Å². The van der Waals surface area contributed by atoms with E-state index in [4.69, 9.17) is 22.1 Å². The molecule has 2 aromatic rings. The first-order valence-corrected chi connectivity index (χ1v) is 7.68. The Hall–Kier alpha value is -1.68. The lowest BCUT2D eigenvalue weighted by molar-refractivity contribution is 0.415. The fraction of sp³-hybridized carbons (Fsp3) is 0.438. The van der Waals surface area contributed by atoms with Crippen molar-refractivity contribution in [3.05, 3.63) is 29.0 Å². The van der Waals surface area contributed by atoms with Crippen LogP contribution in [0.25, 0.3) is 11.3 Å². The molecule has 0 amide bonds. The van der Waals surface area contributed by atoms with E-state index >= 15 is 0 Å². The highest BCUT2D eigenvalue weighted by atomic mass is 35.5. The highest BCUT2D eigenvalue weighted by molar-refractivity contribution is 6.32. The maximum absolute atomic E-state index is 6.30. The van der Waals surface area contributed by atoms with Crippen molar-refractivity contribution >= 4 is 17.4 Å². The van der Waals surface area contributed by atoms with Crippen molar-refractivity contribution in [1.29, 1.82) is 0 Å². The minimum absolute atomic E-state index is 0.565. The van der Waals surface area contributed by atoms with Crippen LogP contribution in [0, 0.1) is 0 Å². The molecule has 1 aromatic heterocycles. The van der Waals surface area contributed by atoms with Gasteiger partial charge in [-0.25, -0.2) is 4.98 Å². The van der Waals surface area contributed by atoms with E-state index in [1.165, 1.54) is 0 Å². The molecule has 114 valence electrons. The van der Waals surface area contributed by atoms with Gasteiger partial charge in [0.25, 0.3) is 0 Å². The van der Waals surface area contributed by atoms with Crippen molar-refractivity contribution in [1.82, 2.24) is 9.55 Å². The zero-order chi connectivity index (χ0) is 15.4. The van der Waals surface area contributed by atoms with Gasteiger partial charge in [-0.2, -0.15) is 0 Å². The summed E-state index contributed by atoms with van der Waals surface area (Å²) >= 11 is 6.20. The number of benzene rings is 1. The van der Waals surface area contributed by atoms with E-state index in [9.17, 15) is 0 Å². The predicted molar refractivity (Wildman–Crippen MR) is 87.9 cm³/mol. The van der Waals surface area contributed by atoms with Crippen LogP contribution < -0.4 is 10.5 Å². The number of ether oxygens (including phenoxy) is 1. The zero-order valence-corrected chi connectivity index (χ0v) is 13.6. The number of methoxy groups -OCH3 is 1. The average Bonchev–Trinajstić information content (AvgIpc) is 2.81. The number of imidazole rings is 1. The molecule has 1 aromatic carbocycles. The lowest BCUT2D eigenvalue weighted by atomic mass is 10.1. The third kappa shape index (κ3) is 3.16. The van der Waals surface area contributed by atoms with Crippen LogP contribution in [-0.2, 0) is 13.0 Å². The number of aromatic nitrogens is 2. The average molecular weight is 308 g/mol.